The molecule has 6 aliphatic carbocycles. The molecule has 6 bridgehead atoms. The summed E-state index contributed by atoms with van der Waals surface area (Å²) in [5.41, 5.74) is 0. The number of carbonyl (C=O) groups is 2. The van der Waals surface area contributed by atoms with Crippen LogP contribution in [0.25, 0.3) is 0 Å². The van der Waals surface area contributed by atoms with Gasteiger partial charge in [0.15, 0.2) is 6.40 Å². The van der Waals surface area contributed by atoms with Crippen LogP contribution in [0.15, 0.2) is 46.4 Å². The van der Waals surface area contributed by atoms with Crippen molar-refractivity contribution in [1.82, 2.24) is 14.7 Å². The maximum absolute atomic E-state index is 10.9. The fourth-order valence-electron chi connectivity index (χ4n) is 16.0. The van der Waals surface area contributed by atoms with Crippen molar-refractivity contribution in [2.75, 3.05) is 141 Å². The van der Waals surface area contributed by atoms with E-state index in [1.807, 2.05) is 6.21 Å². The minimum Gasteiger partial charge on any atom is -0.482 e. The van der Waals surface area contributed by atoms with Crippen molar-refractivity contribution in [3.05, 3.63) is 36.5 Å². The number of ether oxygens (including phenoxy) is 7. The van der Waals surface area contributed by atoms with Gasteiger partial charge in [-0.2, -0.15) is 11.8 Å². The molecule has 17 aliphatic heterocycles. The van der Waals surface area contributed by atoms with Crippen molar-refractivity contribution < 1.29 is 51.2 Å². The number of Topliss-reactive ketones (excluding diaryl/α,β-unsaturated/α-hetero) is 1. The number of aliphatic imine (C=N–C) groups is 2. The molecule has 0 spiro atoms. The van der Waals surface area contributed by atoms with Crippen molar-refractivity contribution in [3.8, 4) is 0 Å². The largest absolute Gasteiger partial charge is 0.482 e. The van der Waals surface area contributed by atoms with Gasteiger partial charge in [-0.15, -0.1) is 0 Å². The summed E-state index contributed by atoms with van der Waals surface area (Å²) < 4.78 is 56.1. The lowest BCUT2D eigenvalue weighted by molar-refractivity contribution is -0.138. The van der Waals surface area contributed by atoms with E-state index in [0.717, 1.165) is 123 Å². The Bertz CT molecular complexity index is 2060. The van der Waals surface area contributed by atoms with Crippen molar-refractivity contribution in [2.24, 2.45) is 9.98 Å². The molecule has 13 saturated heterocycles. The number of epoxide rings is 1. The average molecular weight is 1600 g/mol. The zero-order valence-electron chi connectivity index (χ0n) is 71.2. The second kappa shape index (κ2) is 72.7. The molecule has 23 aliphatic rings. The van der Waals surface area contributed by atoms with Crippen LogP contribution in [0.1, 0.15) is 360 Å². The third-order valence-electron chi connectivity index (χ3n) is 23.2. The van der Waals surface area contributed by atoms with E-state index in [2.05, 4.69) is 87.1 Å². The molecule has 0 amide bonds. The number of fused-ring (bicyclic) bond motifs is 8. The number of allylic oxidation sites excluding steroid dienone is 2. The summed E-state index contributed by atoms with van der Waals surface area (Å²) in [4.78, 5) is 36.0. The van der Waals surface area contributed by atoms with E-state index in [-0.39, 0.29) is 5.97 Å². The van der Waals surface area contributed by atoms with Crippen LogP contribution >= 0.6 is 11.8 Å². The quantitative estimate of drug-likeness (QED) is 0.127. The Morgan fingerprint density at radius 2 is 0.766 bits per heavy atom. The van der Waals surface area contributed by atoms with Gasteiger partial charge in [0, 0.05) is 97.5 Å². The molecule has 0 radical (unpaired) electrons. The lowest BCUT2D eigenvalue weighted by Gasteiger charge is -2.41. The third-order valence-corrected chi connectivity index (χ3v) is 26.1. The van der Waals surface area contributed by atoms with Crippen molar-refractivity contribution in [3.63, 3.8) is 0 Å². The number of piperidine rings is 2. The van der Waals surface area contributed by atoms with Gasteiger partial charge in [-0.1, -0.05) is 216 Å². The number of piperazine rings is 3. The number of rotatable bonds is 0. The van der Waals surface area contributed by atoms with Gasteiger partial charge < -0.3 is 38.1 Å². The van der Waals surface area contributed by atoms with Gasteiger partial charge in [-0.3, -0.25) is 29.4 Å². The van der Waals surface area contributed by atoms with E-state index in [1.54, 1.807) is 0 Å². The van der Waals surface area contributed by atoms with E-state index < -0.39 is 9.84 Å². The number of cyclic esters (lactones) is 1. The minimum absolute atomic E-state index is 0.0463. The normalized spacial score (nSPS) is 28.3. The monoisotopic (exact) mass is 1600 g/mol. The van der Waals surface area contributed by atoms with Crippen molar-refractivity contribution in [2.45, 2.75) is 390 Å². The molecule has 0 unspecified atom stereocenters. The Labute approximate surface area is 685 Å². The van der Waals surface area contributed by atoms with E-state index in [4.69, 9.17) is 18.9 Å². The van der Waals surface area contributed by atoms with Crippen molar-refractivity contribution >= 4 is 46.0 Å². The maximum atomic E-state index is 10.9. The number of thioether (sulfide) groups is 1. The Morgan fingerprint density at radius 1 is 0.351 bits per heavy atom. The highest BCUT2D eigenvalue weighted by Gasteiger charge is 2.32. The smallest absolute Gasteiger partial charge is 0.305 e. The second-order valence-corrected chi connectivity index (χ2v) is 36.8. The summed E-state index contributed by atoms with van der Waals surface area (Å²) >= 11 is 2.07. The standard InChI is InChI=1S/C9H17N.C6H12N2.C6H12O2S.C6H10O.C6H6O.C6H10O.3C6H12.C5H10O.C5H10.C5H8.C4H7N.C4H6O2.C4H8O.C4H8S.C3H5NO.C2H4O/c1-3-7-10-8-4-2-6-9(10)5-1;1-2-8-5-3-7(1)4-6-8;7-9(8)5-3-1-2-4-6-9;2*1-2-6-4-3-5(1)7-6;7-6-4-2-1-3-5-6;4*1-2-4-6-5-3-1;3*1-2-4-5-3-1;5-4-2-1-3-6-4;2*1-2-4-5-3-1;1-2-5-3-4-1;1-2-3-1/h9H,1-8H2;1-6H2;1-6H2;5-6H,1-4H2;1-6H;1-5H2;3*1-6H2;1-5H2;1-5H2;1-2H,3-5H2;3H,1-2,4H2;1-3H2;2*1-4H2;3H,1-2H2;1-2H2. The number of hydrogen-bond acceptors (Lipinski definition) is 17. The Kier molecular flexibility index (Phi) is 64.9. The van der Waals surface area contributed by atoms with Gasteiger partial charge >= 0.3 is 5.97 Å². The first kappa shape index (κ1) is 99.0. The number of esters is 1. The van der Waals surface area contributed by atoms with Crippen LogP contribution in [0, 0.1) is 0 Å². The fourth-order valence-corrected chi connectivity index (χ4v) is 18.5. The van der Waals surface area contributed by atoms with Crippen LogP contribution in [-0.2, 0) is 52.6 Å². The molecule has 0 atom stereocenters. The molecule has 17 heterocycles. The predicted octanol–water partition coefficient (Wildman–Crippen LogP) is 21.8. The molecule has 16 nitrogen and oxygen atoms in total. The Hall–Kier alpha value is -2.52. The van der Waals surface area contributed by atoms with Crippen LogP contribution in [0.4, 0.5) is 0 Å². The molecular weight excluding hydrogens is 1430 g/mol. The first-order chi connectivity index (χ1) is 54.8. The summed E-state index contributed by atoms with van der Waals surface area (Å²) in [6.07, 6.45) is 93.6. The Balaban J connectivity index is 0.000000211. The minimum atomic E-state index is -2.62. The third kappa shape index (κ3) is 61.5. The number of ketones is 1. The van der Waals surface area contributed by atoms with Crippen LogP contribution < -0.4 is 0 Å². The summed E-state index contributed by atoms with van der Waals surface area (Å²) in [6.45, 7) is 20.0. The van der Waals surface area contributed by atoms with Crippen LogP contribution in [0.2, 0.25) is 0 Å². The first-order valence-corrected chi connectivity index (χ1v) is 50.1. The molecule has 644 valence electrons. The second-order valence-electron chi connectivity index (χ2n) is 33.3. The maximum Gasteiger partial charge on any atom is 0.305 e. The number of nitrogens with zero attached hydrogens (tertiary/aromatic N) is 5. The number of sulfone groups is 1. The topological polar surface area (TPSA) is 171 Å². The highest BCUT2D eigenvalue weighted by atomic mass is 32.2. The molecule has 0 N–H and O–H groups in total. The highest BCUT2D eigenvalue weighted by molar-refractivity contribution is 7.99. The van der Waals surface area contributed by atoms with E-state index >= 15 is 0 Å². The van der Waals surface area contributed by atoms with E-state index in [9.17, 15) is 18.0 Å². The zero-order valence-corrected chi connectivity index (χ0v) is 72.8. The number of carbonyl (C=O) groups excluding carboxylic acids is 2. The summed E-state index contributed by atoms with van der Waals surface area (Å²) in [6, 6.07) is 0.988. The first-order valence-electron chi connectivity index (χ1n) is 47.1. The molecule has 111 heavy (non-hydrogen) atoms. The van der Waals surface area contributed by atoms with Crippen LogP contribution in [0.3, 0.4) is 0 Å². The van der Waals surface area contributed by atoms with Crippen LogP contribution in [-0.4, -0.2) is 219 Å². The SMILES string of the molecule is C1=CC2C=CC1O2.C1=CCCC1.C1=NCCC1.C1=NCCO1.C1CC2CCC1O2.C1CCCC1.C1CCCCC1.C1CCCCC1.C1CCCCC1.C1CCN2CCCCC2C1.C1CCOC1.C1CCOCC1.C1CCSC1.C1CN2CCN1CC2.C1CO1.O=C1CCCCC1.O=C1CCCO1.O=S1(=O)CCCCCC1. The lowest BCUT2D eigenvalue weighted by atomic mass is 9.93. The van der Waals surface area contributed by atoms with Crippen LogP contribution in [0.5, 0.6) is 0 Å². The fraction of sp³-hybridized carbons (Fsp3) is 0.892. The highest BCUT2D eigenvalue weighted by Crippen LogP contribution is 2.33. The summed E-state index contributed by atoms with van der Waals surface area (Å²) in [7, 11) is -2.62. The van der Waals surface area contributed by atoms with Gasteiger partial charge in [-0.25, -0.2) is 8.42 Å². The molecular formula is C93H169N5O11S2. The predicted molar refractivity (Wildman–Crippen MR) is 469 cm³/mol. The summed E-state index contributed by atoms with van der Waals surface area (Å²) in [5.74, 6) is 4.10. The average Bonchev–Trinajstić information content (AvgIpc) is 1.86. The molecule has 18 heteroatoms. The lowest BCUT2D eigenvalue weighted by Crippen LogP contribution is -2.55. The number of hydrogen-bond donors (Lipinski definition) is 0. The molecule has 5 saturated carbocycles. The zero-order chi connectivity index (χ0) is 78.2. The van der Waals surface area contributed by atoms with Gasteiger partial charge in [0.1, 0.15) is 22.2 Å². The molecule has 0 aromatic heterocycles. The molecule has 0 aromatic rings. The van der Waals surface area contributed by atoms with E-state index in [1.165, 1.54) is 366 Å². The Morgan fingerprint density at radius 3 is 0.964 bits per heavy atom. The van der Waals surface area contributed by atoms with Gasteiger partial charge in [0.05, 0.1) is 62.3 Å². The van der Waals surface area contributed by atoms with E-state index in [0.29, 0.717) is 54.7 Å². The van der Waals surface area contributed by atoms with Crippen molar-refractivity contribution in [1.29, 1.82) is 0 Å². The molecule has 23 rings (SSSR count). The summed E-state index contributed by atoms with van der Waals surface area (Å²) in [5, 5.41) is 0. The van der Waals surface area contributed by atoms with Gasteiger partial charge in [-0.05, 0) is 191 Å². The van der Waals surface area contributed by atoms with Gasteiger partial charge in [0.25, 0.3) is 0 Å². The molecule has 18 fully saturated rings. The molecule has 0 aromatic carbocycles. The van der Waals surface area contributed by atoms with Gasteiger partial charge in [0.2, 0.25) is 0 Å².